The Morgan fingerprint density at radius 2 is 1.56 bits per heavy atom. The number of phenolic OH excluding ortho intramolecular Hbond substituents is 1. The van der Waals surface area contributed by atoms with Crippen molar-refractivity contribution in [3.05, 3.63) is 101 Å². The summed E-state index contributed by atoms with van der Waals surface area (Å²) in [6, 6.07) is 21.0. The van der Waals surface area contributed by atoms with Gasteiger partial charge in [-0.25, -0.2) is 4.90 Å². The first-order chi connectivity index (χ1) is 20.7. The number of phenols is 1. The second-order valence-electron chi connectivity index (χ2n) is 12.2. The highest BCUT2D eigenvalue weighted by atomic mass is 35.5. The number of imide groups is 2. The number of hydrogen-bond acceptors (Lipinski definition) is 5. The van der Waals surface area contributed by atoms with Gasteiger partial charge in [0.1, 0.15) is 5.75 Å². The van der Waals surface area contributed by atoms with Crippen LogP contribution in [-0.4, -0.2) is 28.7 Å². The van der Waals surface area contributed by atoms with Crippen LogP contribution in [0.3, 0.4) is 0 Å². The van der Waals surface area contributed by atoms with Gasteiger partial charge in [0, 0.05) is 16.5 Å². The second kappa shape index (κ2) is 9.91. The quantitative estimate of drug-likeness (QED) is 0.293. The topological polar surface area (TPSA) is 95.0 Å². The molecule has 2 saturated heterocycles. The van der Waals surface area contributed by atoms with Gasteiger partial charge in [0.05, 0.1) is 34.5 Å². The Morgan fingerprint density at radius 1 is 0.860 bits per heavy atom. The summed E-state index contributed by atoms with van der Waals surface area (Å²) < 4.78 is 0. The Hall–Kier alpha value is -4.23. The predicted molar refractivity (Wildman–Crippen MR) is 162 cm³/mol. The molecule has 2 aliphatic heterocycles. The van der Waals surface area contributed by atoms with Gasteiger partial charge in [0.15, 0.2) is 0 Å². The van der Waals surface area contributed by atoms with E-state index in [1.54, 1.807) is 43.3 Å². The Kier molecular flexibility index (Phi) is 6.36. The van der Waals surface area contributed by atoms with Crippen LogP contribution in [0.15, 0.2) is 84.4 Å². The van der Waals surface area contributed by atoms with Crippen molar-refractivity contribution in [2.24, 2.45) is 29.1 Å². The van der Waals surface area contributed by atoms with Crippen LogP contribution in [0.1, 0.15) is 43.7 Å². The molecule has 0 radical (unpaired) electrons. The molecule has 218 valence electrons. The van der Waals surface area contributed by atoms with Gasteiger partial charge in [-0.3, -0.25) is 24.1 Å². The molecule has 7 rings (SSSR count). The zero-order chi connectivity index (χ0) is 30.2. The fourth-order valence-electron chi connectivity index (χ4n) is 8.07. The lowest BCUT2D eigenvalue weighted by Crippen LogP contribution is -2.48. The second-order valence-corrected chi connectivity index (χ2v) is 12.7. The van der Waals surface area contributed by atoms with Crippen molar-refractivity contribution in [1.29, 1.82) is 0 Å². The van der Waals surface area contributed by atoms with Crippen LogP contribution in [-0.2, 0) is 25.6 Å². The fraction of sp³-hybridized carbons (Fsp3) is 0.314. The van der Waals surface area contributed by atoms with Crippen molar-refractivity contribution in [3.63, 3.8) is 0 Å². The Bertz CT molecular complexity index is 1720. The van der Waals surface area contributed by atoms with E-state index in [1.807, 2.05) is 43.3 Å². The van der Waals surface area contributed by atoms with Crippen LogP contribution in [0.2, 0.25) is 5.02 Å². The summed E-state index contributed by atoms with van der Waals surface area (Å²) in [5, 5.41) is 11.5. The van der Waals surface area contributed by atoms with Crippen LogP contribution in [0, 0.1) is 29.1 Å². The lowest BCUT2D eigenvalue weighted by molar-refractivity contribution is -0.131. The van der Waals surface area contributed by atoms with Crippen molar-refractivity contribution >= 4 is 46.6 Å². The standard InChI is InChI=1S/C35H31ClN2O5/c1-3-19-9-12-22(13-10-19)37-31(40)24-15-14-23-25(29(24)33(37)42)18-27-32(41)38(21-7-5-4-6-8-21)34(43)35(27,2)30(23)26-17-20(36)11-16-28(26)39/h4-14,16-17,24-25,27,29-30,39H,3,15,18H2,1-2H3. The number of hydrogen-bond donors (Lipinski definition) is 1. The molecule has 6 atom stereocenters. The number of carbonyl (C=O) groups excluding carboxylic acids is 4. The molecular weight excluding hydrogens is 564 g/mol. The predicted octanol–water partition coefficient (Wildman–Crippen LogP) is 6.04. The minimum Gasteiger partial charge on any atom is -0.508 e. The van der Waals surface area contributed by atoms with Gasteiger partial charge in [-0.15, -0.1) is 0 Å². The molecule has 2 aliphatic carbocycles. The molecule has 0 spiro atoms. The number of aromatic hydroxyl groups is 1. The van der Waals surface area contributed by atoms with E-state index >= 15 is 0 Å². The Balaban J connectivity index is 1.36. The van der Waals surface area contributed by atoms with Gasteiger partial charge in [0.2, 0.25) is 23.6 Å². The highest BCUT2D eigenvalue weighted by molar-refractivity contribution is 6.30. The van der Waals surface area contributed by atoms with E-state index < -0.39 is 35.0 Å². The molecule has 8 heteroatoms. The van der Waals surface area contributed by atoms with Gasteiger partial charge in [0.25, 0.3) is 0 Å². The summed E-state index contributed by atoms with van der Waals surface area (Å²) in [5.41, 5.74) is 2.12. The summed E-state index contributed by atoms with van der Waals surface area (Å²) in [5.74, 6) is -4.47. The first-order valence-electron chi connectivity index (χ1n) is 14.7. The third-order valence-corrected chi connectivity index (χ3v) is 10.4. The van der Waals surface area contributed by atoms with Crippen LogP contribution in [0.25, 0.3) is 0 Å². The van der Waals surface area contributed by atoms with E-state index in [1.165, 1.54) is 15.9 Å². The number of amides is 4. The summed E-state index contributed by atoms with van der Waals surface area (Å²) in [4.78, 5) is 59.1. The Labute approximate surface area is 254 Å². The molecule has 2 heterocycles. The highest BCUT2D eigenvalue weighted by Crippen LogP contribution is 2.64. The summed E-state index contributed by atoms with van der Waals surface area (Å²) >= 11 is 6.43. The third kappa shape index (κ3) is 3.87. The monoisotopic (exact) mass is 594 g/mol. The summed E-state index contributed by atoms with van der Waals surface area (Å²) in [7, 11) is 0. The largest absolute Gasteiger partial charge is 0.508 e. The molecule has 3 aromatic rings. The van der Waals surface area contributed by atoms with Crippen molar-refractivity contribution in [3.8, 4) is 5.75 Å². The van der Waals surface area contributed by atoms with Gasteiger partial charge in [-0.2, -0.15) is 0 Å². The average molecular weight is 595 g/mol. The molecule has 6 unspecified atom stereocenters. The van der Waals surface area contributed by atoms with Gasteiger partial charge in [-0.1, -0.05) is 60.5 Å². The maximum atomic E-state index is 14.4. The van der Waals surface area contributed by atoms with E-state index in [0.29, 0.717) is 28.4 Å². The molecule has 3 fully saturated rings. The smallest absolute Gasteiger partial charge is 0.241 e. The number of nitrogens with zero attached hydrogens (tertiary/aromatic N) is 2. The van der Waals surface area contributed by atoms with Crippen LogP contribution in [0.4, 0.5) is 11.4 Å². The van der Waals surface area contributed by atoms with Gasteiger partial charge < -0.3 is 5.11 Å². The molecule has 7 nitrogen and oxygen atoms in total. The molecular formula is C35H31ClN2O5. The maximum Gasteiger partial charge on any atom is 0.241 e. The zero-order valence-corrected chi connectivity index (χ0v) is 24.6. The van der Waals surface area contributed by atoms with Crippen molar-refractivity contribution in [2.45, 2.75) is 39.0 Å². The maximum absolute atomic E-state index is 14.4. The minimum atomic E-state index is -1.24. The van der Waals surface area contributed by atoms with E-state index in [2.05, 4.69) is 0 Å². The number of rotatable bonds is 4. The minimum absolute atomic E-state index is 0.0390. The van der Waals surface area contributed by atoms with Crippen molar-refractivity contribution < 1.29 is 24.3 Å². The van der Waals surface area contributed by atoms with Gasteiger partial charge in [-0.05, 0) is 80.1 Å². The van der Waals surface area contributed by atoms with E-state index in [4.69, 9.17) is 11.6 Å². The molecule has 0 aromatic heterocycles. The lowest BCUT2D eigenvalue weighted by atomic mass is 9.51. The van der Waals surface area contributed by atoms with Crippen molar-refractivity contribution in [2.75, 3.05) is 9.80 Å². The first-order valence-corrected chi connectivity index (χ1v) is 15.1. The summed E-state index contributed by atoms with van der Waals surface area (Å²) in [6.07, 6.45) is 3.38. The molecule has 3 aromatic carbocycles. The number of carbonyl (C=O) groups is 4. The van der Waals surface area contributed by atoms with E-state index in [0.717, 1.165) is 17.6 Å². The average Bonchev–Trinajstić information content (AvgIpc) is 3.38. The van der Waals surface area contributed by atoms with Crippen LogP contribution >= 0.6 is 11.6 Å². The molecule has 4 amide bonds. The first kappa shape index (κ1) is 27.6. The summed E-state index contributed by atoms with van der Waals surface area (Å²) in [6.45, 7) is 3.83. The Morgan fingerprint density at radius 3 is 2.26 bits per heavy atom. The van der Waals surface area contributed by atoms with E-state index in [9.17, 15) is 24.3 Å². The molecule has 0 bridgehead atoms. The van der Waals surface area contributed by atoms with Crippen molar-refractivity contribution in [1.82, 2.24) is 0 Å². The number of anilines is 2. The number of benzene rings is 3. The van der Waals surface area contributed by atoms with Crippen LogP contribution < -0.4 is 9.80 Å². The zero-order valence-electron chi connectivity index (χ0n) is 23.9. The number of halogens is 1. The normalized spacial score (nSPS) is 29.8. The number of allylic oxidation sites excluding steroid dienone is 2. The van der Waals surface area contributed by atoms with Gasteiger partial charge >= 0.3 is 0 Å². The fourth-order valence-corrected chi connectivity index (χ4v) is 8.25. The van der Waals surface area contributed by atoms with Crippen LogP contribution in [0.5, 0.6) is 5.75 Å². The molecule has 1 N–H and O–H groups in total. The number of aryl methyl sites for hydroxylation is 1. The molecule has 4 aliphatic rings. The van der Waals surface area contributed by atoms with E-state index in [-0.39, 0.29) is 35.8 Å². The number of fused-ring (bicyclic) bond motifs is 4. The SMILES string of the molecule is CCc1ccc(N2C(=O)C3CC=C4C(CC5C(=O)N(c6ccccc6)C(=O)C5(C)C4c4cc(Cl)ccc4O)C3C2=O)cc1. The number of para-hydroxylation sites is 1. The third-order valence-electron chi connectivity index (χ3n) is 10.2. The molecule has 1 saturated carbocycles. The molecule has 43 heavy (non-hydrogen) atoms. The highest BCUT2D eigenvalue weighted by Gasteiger charge is 2.68. The lowest BCUT2D eigenvalue weighted by Gasteiger charge is -2.49.